The van der Waals surface area contributed by atoms with E-state index in [9.17, 15) is 0 Å². The highest BCUT2D eigenvalue weighted by Crippen LogP contribution is 2.38. The van der Waals surface area contributed by atoms with Gasteiger partial charge in [-0.3, -0.25) is 4.98 Å². The summed E-state index contributed by atoms with van der Waals surface area (Å²) in [7, 11) is 0. The van der Waals surface area contributed by atoms with Crippen LogP contribution in [0.3, 0.4) is 0 Å². The van der Waals surface area contributed by atoms with Gasteiger partial charge in [-0.2, -0.15) is 0 Å². The summed E-state index contributed by atoms with van der Waals surface area (Å²) in [6.07, 6.45) is 0.877. The average Bonchev–Trinajstić information content (AvgIpc) is 2.37. The Balaban J connectivity index is 2.31. The number of pyridine rings is 1. The number of nitrogens with zero attached hydrogens (tertiary/aromatic N) is 1. The molecule has 0 spiro atoms. The molecular weight excluding hydrogens is 250 g/mol. The molecule has 2 aromatic rings. The zero-order chi connectivity index (χ0) is 12.7. The van der Waals surface area contributed by atoms with Crippen LogP contribution >= 0.6 is 11.6 Å². The van der Waals surface area contributed by atoms with Crippen molar-refractivity contribution in [2.45, 2.75) is 20.3 Å². The third kappa shape index (κ3) is 1.70. The van der Waals surface area contributed by atoms with Crippen molar-refractivity contribution in [1.82, 2.24) is 4.98 Å². The molecule has 0 atom stereocenters. The largest absolute Gasteiger partial charge is 0.486 e. The van der Waals surface area contributed by atoms with Gasteiger partial charge < -0.3 is 9.47 Å². The number of halogens is 1. The van der Waals surface area contributed by atoms with Crippen LogP contribution < -0.4 is 9.47 Å². The van der Waals surface area contributed by atoms with Crippen LogP contribution in [-0.2, 0) is 6.42 Å². The van der Waals surface area contributed by atoms with Gasteiger partial charge in [0.25, 0.3) is 0 Å². The Morgan fingerprint density at radius 3 is 2.56 bits per heavy atom. The molecule has 0 amide bonds. The molecule has 0 unspecified atom stereocenters. The second-order valence-corrected chi connectivity index (χ2v) is 4.73. The maximum Gasteiger partial charge on any atom is 0.163 e. The number of ether oxygens (including phenoxy) is 2. The highest BCUT2D eigenvalue weighted by Gasteiger charge is 2.16. The van der Waals surface area contributed by atoms with Crippen LogP contribution in [0, 0.1) is 6.92 Å². The molecule has 2 heterocycles. The van der Waals surface area contributed by atoms with Gasteiger partial charge in [0.2, 0.25) is 0 Å². The molecule has 1 aliphatic rings. The van der Waals surface area contributed by atoms with Gasteiger partial charge in [0.1, 0.15) is 13.2 Å². The first-order chi connectivity index (χ1) is 8.70. The van der Waals surface area contributed by atoms with Gasteiger partial charge in [0, 0.05) is 17.1 Å². The third-order valence-corrected chi connectivity index (χ3v) is 3.67. The van der Waals surface area contributed by atoms with Gasteiger partial charge in [0.15, 0.2) is 11.5 Å². The normalized spacial score (nSPS) is 13.9. The minimum absolute atomic E-state index is 0.579. The predicted molar refractivity (Wildman–Crippen MR) is 71.9 cm³/mol. The highest BCUT2D eigenvalue weighted by molar-refractivity contribution is 6.36. The zero-order valence-electron chi connectivity index (χ0n) is 10.4. The predicted octanol–water partition coefficient (Wildman–Crippen LogP) is 3.53. The van der Waals surface area contributed by atoms with Crippen LogP contribution in [0.15, 0.2) is 12.1 Å². The van der Waals surface area contributed by atoms with Gasteiger partial charge in [0.05, 0.1) is 10.5 Å². The topological polar surface area (TPSA) is 31.4 Å². The quantitative estimate of drug-likeness (QED) is 0.789. The van der Waals surface area contributed by atoms with Crippen molar-refractivity contribution in [3.63, 3.8) is 0 Å². The Kier molecular flexibility index (Phi) is 2.78. The Bertz CT molecular complexity index is 625. The smallest absolute Gasteiger partial charge is 0.163 e. The lowest BCUT2D eigenvalue weighted by Gasteiger charge is -2.19. The molecule has 1 aromatic carbocycles. The number of aromatic nitrogens is 1. The first kappa shape index (κ1) is 11.6. The molecule has 0 N–H and O–H groups in total. The maximum atomic E-state index is 6.45. The molecule has 1 aliphatic heterocycles. The van der Waals surface area contributed by atoms with Gasteiger partial charge >= 0.3 is 0 Å². The average molecular weight is 264 g/mol. The van der Waals surface area contributed by atoms with E-state index in [2.05, 4.69) is 11.9 Å². The second-order valence-electron chi connectivity index (χ2n) is 4.36. The van der Waals surface area contributed by atoms with Crippen molar-refractivity contribution in [2.24, 2.45) is 0 Å². The van der Waals surface area contributed by atoms with Crippen molar-refractivity contribution in [3.8, 4) is 11.5 Å². The standard InChI is InChI=1S/C14H14ClNO2/c1-3-9-8(2)16-11-7-13-12(17-4-5-18-13)6-10(11)14(9)15/h6-7H,3-5H2,1-2H3. The molecule has 0 saturated carbocycles. The van der Waals surface area contributed by atoms with Gasteiger partial charge in [-0.1, -0.05) is 18.5 Å². The van der Waals surface area contributed by atoms with Crippen LogP contribution in [-0.4, -0.2) is 18.2 Å². The summed E-state index contributed by atoms with van der Waals surface area (Å²) < 4.78 is 11.1. The molecule has 18 heavy (non-hydrogen) atoms. The van der Waals surface area contributed by atoms with Crippen LogP contribution in [0.5, 0.6) is 11.5 Å². The van der Waals surface area contributed by atoms with E-state index < -0.39 is 0 Å². The molecule has 3 nitrogen and oxygen atoms in total. The van der Waals surface area contributed by atoms with Crippen molar-refractivity contribution in [1.29, 1.82) is 0 Å². The lowest BCUT2D eigenvalue weighted by Crippen LogP contribution is -2.15. The summed E-state index contributed by atoms with van der Waals surface area (Å²) in [6.45, 7) is 5.23. The van der Waals surface area contributed by atoms with E-state index in [0.29, 0.717) is 13.2 Å². The summed E-state index contributed by atoms with van der Waals surface area (Å²) in [6, 6.07) is 3.83. The van der Waals surface area contributed by atoms with Crippen molar-refractivity contribution in [3.05, 3.63) is 28.4 Å². The summed E-state index contributed by atoms with van der Waals surface area (Å²) >= 11 is 6.45. The summed E-state index contributed by atoms with van der Waals surface area (Å²) in [5.41, 5.74) is 2.94. The molecule has 94 valence electrons. The number of hydrogen-bond donors (Lipinski definition) is 0. The Morgan fingerprint density at radius 1 is 1.22 bits per heavy atom. The number of benzene rings is 1. The molecule has 3 rings (SSSR count). The van der Waals surface area contributed by atoms with Gasteiger partial charge in [-0.25, -0.2) is 0 Å². The van der Waals surface area contributed by atoms with E-state index in [1.807, 2.05) is 19.1 Å². The van der Waals surface area contributed by atoms with E-state index in [4.69, 9.17) is 21.1 Å². The SMILES string of the molecule is CCc1c(C)nc2cc3c(cc2c1Cl)OCCO3. The molecule has 4 heteroatoms. The number of fused-ring (bicyclic) bond motifs is 2. The molecule has 0 fully saturated rings. The Morgan fingerprint density at radius 2 is 1.89 bits per heavy atom. The number of aryl methyl sites for hydroxylation is 1. The molecular formula is C14H14ClNO2. The van der Waals surface area contributed by atoms with Crippen LogP contribution in [0.4, 0.5) is 0 Å². The monoisotopic (exact) mass is 263 g/mol. The van der Waals surface area contributed by atoms with Gasteiger partial charge in [-0.05, 0) is 25.0 Å². The van der Waals surface area contributed by atoms with Gasteiger partial charge in [-0.15, -0.1) is 0 Å². The van der Waals surface area contributed by atoms with Crippen LogP contribution in [0.25, 0.3) is 10.9 Å². The molecule has 0 radical (unpaired) electrons. The fourth-order valence-corrected chi connectivity index (χ4v) is 2.75. The lowest BCUT2D eigenvalue weighted by atomic mass is 10.1. The highest BCUT2D eigenvalue weighted by atomic mass is 35.5. The van der Waals surface area contributed by atoms with E-state index >= 15 is 0 Å². The minimum atomic E-state index is 0.579. The molecule has 1 aromatic heterocycles. The second kappa shape index (κ2) is 4.32. The minimum Gasteiger partial charge on any atom is -0.486 e. The van der Waals surface area contributed by atoms with Crippen LogP contribution in [0.2, 0.25) is 5.02 Å². The summed E-state index contributed by atoms with van der Waals surface area (Å²) in [5.74, 6) is 1.50. The molecule has 0 bridgehead atoms. The molecule has 0 aliphatic carbocycles. The van der Waals surface area contributed by atoms with E-state index in [0.717, 1.165) is 45.1 Å². The zero-order valence-corrected chi connectivity index (χ0v) is 11.2. The van der Waals surface area contributed by atoms with Crippen molar-refractivity contribution < 1.29 is 9.47 Å². The lowest BCUT2D eigenvalue weighted by molar-refractivity contribution is 0.172. The number of rotatable bonds is 1. The summed E-state index contributed by atoms with van der Waals surface area (Å²) in [5, 5.41) is 1.71. The molecule has 0 saturated heterocycles. The van der Waals surface area contributed by atoms with Crippen molar-refractivity contribution >= 4 is 22.5 Å². The summed E-state index contributed by atoms with van der Waals surface area (Å²) in [4.78, 5) is 4.60. The van der Waals surface area contributed by atoms with E-state index in [1.54, 1.807) is 0 Å². The first-order valence-corrected chi connectivity index (χ1v) is 6.47. The third-order valence-electron chi connectivity index (χ3n) is 3.24. The fraction of sp³-hybridized carbons (Fsp3) is 0.357. The first-order valence-electron chi connectivity index (χ1n) is 6.09. The van der Waals surface area contributed by atoms with Crippen LogP contribution in [0.1, 0.15) is 18.2 Å². The van der Waals surface area contributed by atoms with Crippen molar-refractivity contribution in [2.75, 3.05) is 13.2 Å². The van der Waals surface area contributed by atoms with E-state index in [-0.39, 0.29) is 0 Å². The Hall–Kier alpha value is -1.48. The van der Waals surface area contributed by atoms with E-state index in [1.165, 1.54) is 0 Å². The Labute approximate surface area is 111 Å². The maximum absolute atomic E-state index is 6.45. The number of hydrogen-bond acceptors (Lipinski definition) is 3. The fourth-order valence-electron chi connectivity index (χ4n) is 2.33.